The van der Waals surface area contributed by atoms with Crippen molar-refractivity contribution in [1.29, 1.82) is 0 Å². The molecule has 5 N–H and O–H groups in total. The van der Waals surface area contributed by atoms with Crippen LogP contribution < -0.4 is 15.8 Å². The van der Waals surface area contributed by atoms with Crippen molar-refractivity contribution >= 4 is 23.8 Å². The molecule has 8 heteroatoms. The van der Waals surface area contributed by atoms with Crippen LogP contribution in [-0.4, -0.2) is 41.4 Å². The van der Waals surface area contributed by atoms with E-state index in [0.717, 1.165) is 11.6 Å². The summed E-state index contributed by atoms with van der Waals surface area (Å²) < 4.78 is 17.2. The fourth-order valence-corrected chi connectivity index (χ4v) is 3.85. The van der Waals surface area contributed by atoms with Gasteiger partial charge in [0.15, 0.2) is 0 Å². The van der Waals surface area contributed by atoms with Crippen LogP contribution in [0.1, 0.15) is 35.7 Å². The van der Waals surface area contributed by atoms with Gasteiger partial charge in [-0.3, -0.25) is 14.3 Å². The summed E-state index contributed by atoms with van der Waals surface area (Å²) in [5.41, 5.74) is 6.29. The van der Waals surface area contributed by atoms with Crippen LogP contribution in [-0.2, 0) is 4.79 Å². The minimum Gasteiger partial charge on any atom is -0.480 e. The first kappa shape index (κ1) is 18.7. The summed E-state index contributed by atoms with van der Waals surface area (Å²) in [6.07, 6.45) is 0. The number of carbonyl (C=O) groups is 2. The van der Waals surface area contributed by atoms with E-state index < -0.39 is 23.7 Å². The molecule has 6 nitrogen and oxygen atoms in total. The lowest BCUT2D eigenvalue weighted by atomic mass is 9.89. The van der Waals surface area contributed by atoms with Crippen LogP contribution in [0.5, 0.6) is 0 Å². The highest BCUT2D eigenvalue weighted by Crippen LogP contribution is 2.37. The van der Waals surface area contributed by atoms with Crippen molar-refractivity contribution in [2.45, 2.75) is 31.1 Å². The number of carboxylic acids is 1. The fourth-order valence-electron chi connectivity index (χ4n) is 2.69. The third-order valence-corrected chi connectivity index (χ3v) is 5.46. The number of nitrogens with one attached hydrogen (secondary N) is 2. The summed E-state index contributed by atoms with van der Waals surface area (Å²) in [7, 11) is 0. The van der Waals surface area contributed by atoms with Crippen molar-refractivity contribution in [3.8, 4) is 0 Å². The van der Waals surface area contributed by atoms with E-state index in [9.17, 15) is 14.0 Å². The third kappa shape index (κ3) is 4.46. The summed E-state index contributed by atoms with van der Waals surface area (Å²) in [4.78, 5) is 22.8. The van der Waals surface area contributed by atoms with E-state index in [2.05, 4.69) is 23.9 Å². The molecule has 1 aromatic rings. The number of hydrogen-bond acceptors (Lipinski definition) is 5. The molecule has 1 aliphatic rings. The largest absolute Gasteiger partial charge is 0.480 e. The van der Waals surface area contributed by atoms with Crippen LogP contribution in [0.4, 0.5) is 4.39 Å². The molecule has 1 amide bonds. The maximum Gasteiger partial charge on any atom is 0.322 e. The Morgan fingerprint density at radius 1 is 1.46 bits per heavy atom. The van der Waals surface area contributed by atoms with Crippen molar-refractivity contribution in [3.63, 3.8) is 0 Å². The van der Waals surface area contributed by atoms with Crippen LogP contribution in [0.25, 0.3) is 0 Å². The molecule has 0 aliphatic carbocycles. The van der Waals surface area contributed by atoms with Crippen molar-refractivity contribution in [3.05, 3.63) is 35.1 Å². The average Bonchev–Trinajstić information content (AvgIpc) is 3.01. The topological polar surface area (TPSA) is 104 Å². The minimum atomic E-state index is -1.20. The van der Waals surface area contributed by atoms with Gasteiger partial charge in [0.05, 0.1) is 0 Å². The van der Waals surface area contributed by atoms with Gasteiger partial charge in [0.1, 0.15) is 11.9 Å². The van der Waals surface area contributed by atoms with Gasteiger partial charge >= 0.3 is 5.97 Å². The zero-order chi connectivity index (χ0) is 17.9. The highest BCUT2D eigenvalue weighted by atomic mass is 32.2. The van der Waals surface area contributed by atoms with Gasteiger partial charge in [-0.15, -0.1) is 0 Å². The van der Waals surface area contributed by atoms with E-state index in [1.165, 1.54) is 6.07 Å². The molecule has 132 valence electrons. The monoisotopic (exact) mass is 355 g/mol. The molecule has 2 unspecified atom stereocenters. The smallest absolute Gasteiger partial charge is 0.322 e. The average molecular weight is 355 g/mol. The molecular weight excluding hydrogens is 333 g/mol. The number of halogens is 1. The molecule has 0 bridgehead atoms. The van der Waals surface area contributed by atoms with E-state index in [-0.39, 0.29) is 18.0 Å². The molecule has 1 heterocycles. The lowest BCUT2D eigenvalue weighted by Gasteiger charge is -2.21. The molecule has 24 heavy (non-hydrogen) atoms. The molecule has 0 spiro atoms. The van der Waals surface area contributed by atoms with E-state index in [1.807, 2.05) is 0 Å². The quantitative estimate of drug-likeness (QED) is 0.574. The number of carboxylic acid groups (broad SMARTS) is 1. The van der Waals surface area contributed by atoms with Crippen LogP contribution in [0, 0.1) is 11.7 Å². The molecule has 0 aromatic heterocycles. The first-order valence-electron chi connectivity index (χ1n) is 7.75. The maximum absolute atomic E-state index is 14.0. The second kappa shape index (κ2) is 7.96. The number of hydrogen-bond donors (Lipinski definition) is 4. The van der Waals surface area contributed by atoms with Gasteiger partial charge in [0, 0.05) is 29.8 Å². The maximum atomic E-state index is 14.0. The molecule has 0 saturated carbocycles. The molecular formula is C16H22FN3O3S. The highest BCUT2D eigenvalue weighted by Gasteiger charge is 2.32. The Labute approximate surface area is 144 Å². The molecule has 1 aromatic carbocycles. The Morgan fingerprint density at radius 2 is 2.17 bits per heavy atom. The van der Waals surface area contributed by atoms with E-state index in [0.29, 0.717) is 17.7 Å². The number of carbonyl (C=O) groups excluding carboxylic acids is 1. The zero-order valence-electron chi connectivity index (χ0n) is 13.6. The summed E-state index contributed by atoms with van der Waals surface area (Å²) in [5.74, 6) is -1.71. The number of rotatable bonds is 6. The Morgan fingerprint density at radius 3 is 2.79 bits per heavy atom. The predicted octanol–water partition coefficient (Wildman–Crippen LogP) is 1.33. The van der Waals surface area contributed by atoms with Crippen LogP contribution in [0.15, 0.2) is 18.2 Å². The molecule has 1 saturated heterocycles. The second-order valence-electron chi connectivity index (χ2n) is 6.21. The SMILES string of the molecule is CC(C)C1SNCC1c1cc(F)cc(C(=O)NC[C@@H](N)C(=O)O)c1. The number of amides is 1. The van der Waals surface area contributed by atoms with Crippen LogP contribution in [0.2, 0.25) is 0 Å². The number of benzene rings is 1. The van der Waals surface area contributed by atoms with Crippen molar-refractivity contribution in [1.82, 2.24) is 10.0 Å². The van der Waals surface area contributed by atoms with Gasteiger partial charge in [0.2, 0.25) is 0 Å². The van der Waals surface area contributed by atoms with Gasteiger partial charge in [-0.1, -0.05) is 25.8 Å². The van der Waals surface area contributed by atoms with E-state index in [4.69, 9.17) is 10.8 Å². The predicted molar refractivity (Wildman–Crippen MR) is 91.3 cm³/mol. The molecule has 2 rings (SSSR count). The van der Waals surface area contributed by atoms with Crippen molar-refractivity contribution in [2.24, 2.45) is 11.7 Å². The van der Waals surface area contributed by atoms with Gasteiger partial charge in [0.25, 0.3) is 5.91 Å². The fraction of sp³-hybridized carbons (Fsp3) is 0.500. The molecule has 0 radical (unpaired) electrons. The Hall–Kier alpha value is -1.64. The lowest BCUT2D eigenvalue weighted by Crippen LogP contribution is -2.42. The van der Waals surface area contributed by atoms with Crippen LogP contribution in [0.3, 0.4) is 0 Å². The normalized spacial score (nSPS) is 21.7. The van der Waals surface area contributed by atoms with Gasteiger partial charge in [-0.05, 0) is 29.7 Å². The standard InChI is InChI=1S/C16H22FN3O3S/c1-8(2)14-12(6-20-24-14)9-3-10(5-11(17)4-9)15(21)19-7-13(18)16(22)23/h3-5,8,12-14,20H,6-7,18H2,1-2H3,(H,19,21)(H,22,23)/t12?,13-,14?/m1/s1. The van der Waals surface area contributed by atoms with Crippen molar-refractivity contribution < 1.29 is 19.1 Å². The zero-order valence-corrected chi connectivity index (χ0v) is 14.4. The summed E-state index contributed by atoms with van der Waals surface area (Å²) in [5, 5.41) is 11.5. The second-order valence-corrected chi connectivity index (χ2v) is 7.28. The van der Waals surface area contributed by atoms with Gasteiger partial charge in [-0.25, -0.2) is 4.39 Å². The van der Waals surface area contributed by atoms with Gasteiger partial charge in [-0.2, -0.15) is 0 Å². The Balaban J connectivity index is 2.16. The van der Waals surface area contributed by atoms with Crippen molar-refractivity contribution in [2.75, 3.05) is 13.1 Å². The number of nitrogens with two attached hydrogens (primary N) is 1. The third-order valence-electron chi connectivity index (χ3n) is 3.99. The number of aliphatic carboxylic acids is 1. The summed E-state index contributed by atoms with van der Waals surface area (Å²) in [6, 6.07) is 3.07. The molecule has 1 aliphatic heterocycles. The minimum absolute atomic E-state index is 0.110. The van der Waals surface area contributed by atoms with E-state index >= 15 is 0 Å². The molecule has 3 atom stereocenters. The summed E-state index contributed by atoms with van der Waals surface area (Å²) in [6.45, 7) is 4.72. The molecule has 1 fully saturated rings. The first-order chi connectivity index (χ1) is 11.3. The Kier molecular flexibility index (Phi) is 6.20. The van der Waals surface area contributed by atoms with Crippen LogP contribution >= 0.6 is 11.9 Å². The summed E-state index contributed by atoms with van der Waals surface area (Å²) >= 11 is 1.64. The highest BCUT2D eigenvalue weighted by molar-refractivity contribution is 7.98. The Bertz CT molecular complexity index is 627. The van der Waals surface area contributed by atoms with Gasteiger partial charge < -0.3 is 16.2 Å². The van der Waals surface area contributed by atoms with E-state index in [1.54, 1.807) is 18.0 Å². The first-order valence-corrected chi connectivity index (χ1v) is 8.63. The lowest BCUT2D eigenvalue weighted by molar-refractivity contribution is -0.138.